The summed E-state index contributed by atoms with van der Waals surface area (Å²) < 4.78 is 5.45. The predicted octanol–water partition coefficient (Wildman–Crippen LogP) is 2.88. The molecule has 0 spiro atoms. The van der Waals surface area contributed by atoms with Gasteiger partial charge in [0.25, 0.3) is 5.91 Å². The third-order valence-electron chi connectivity index (χ3n) is 4.59. The van der Waals surface area contributed by atoms with Gasteiger partial charge < -0.3 is 19.9 Å². The topological polar surface area (TPSA) is 74.4 Å². The van der Waals surface area contributed by atoms with E-state index in [2.05, 4.69) is 10.3 Å². The van der Waals surface area contributed by atoms with Crippen LogP contribution >= 0.6 is 0 Å². The number of aromatic amines is 1. The van der Waals surface area contributed by atoms with Crippen molar-refractivity contribution in [3.05, 3.63) is 52.3 Å². The lowest BCUT2D eigenvalue weighted by Crippen LogP contribution is -2.35. The zero-order chi connectivity index (χ0) is 19.4. The van der Waals surface area contributed by atoms with Crippen molar-refractivity contribution in [3.8, 4) is 5.75 Å². The Bertz CT molecular complexity index is 809. The normalized spacial score (nSPS) is 12.1. The number of carbonyl (C=O) groups is 2. The lowest BCUT2D eigenvalue weighted by molar-refractivity contribution is 0.0936. The van der Waals surface area contributed by atoms with E-state index in [1.54, 1.807) is 21.0 Å². The van der Waals surface area contributed by atoms with Gasteiger partial charge in [0, 0.05) is 23.4 Å². The van der Waals surface area contributed by atoms with Crippen LogP contribution in [0.3, 0.4) is 0 Å². The Morgan fingerprint density at radius 1 is 1.23 bits per heavy atom. The Balaban J connectivity index is 2.21. The fourth-order valence-corrected chi connectivity index (χ4v) is 3.30. The second-order valence-corrected chi connectivity index (χ2v) is 6.61. The third-order valence-corrected chi connectivity index (χ3v) is 4.59. The summed E-state index contributed by atoms with van der Waals surface area (Å²) in [6, 6.07) is 7.73. The van der Waals surface area contributed by atoms with Crippen LogP contribution in [0.1, 0.15) is 50.6 Å². The number of amides is 1. The summed E-state index contributed by atoms with van der Waals surface area (Å²) in [6.07, 6.45) is 0. The number of carbonyl (C=O) groups excluding carboxylic acids is 2. The van der Waals surface area contributed by atoms with E-state index in [9.17, 15) is 9.59 Å². The van der Waals surface area contributed by atoms with E-state index < -0.39 is 0 Å². The molecule has 6 nitrogen and oxygen atoms in total. The largest absolute Gasteiger partial charge is 0.496 e. The standard InChI is InChI=1S/C20H27N3O3/c1-12-18(14(3)24)13(2)22-19(12)20(25)21-11-16(23(4)5)15-9-7-8-10-17(15)26-6/h7-10,16,22H,11H2,1-6H3,(H,21,25). The summed E-state index contributed by atoms with van der Waals surface area (Å²) in [4.78, 5) is 29.5. The monoisotopic (exact) mass is 357 g/mol. The van der Waals surface area contributed by atoms with Gasteiger partial charge in [-0.3, -0.25) is 9.59 Å². The number of H-pyrrole nitrogens is 1. The van der Waals surface area contributed by atoms with E-state index in [4.69, 9.17) is 4.74 Å². The van der Waals surface area contributed by atoms with Gasteiger partial charge in [-0.25, -0.2) is 0 Å². The second-order valence-electron chi connectivity index (χ2n) is 6.61. The number of methoxy groups -OCH3 is 1. The van der Waals surface area contributed by atoms with E-state index in [1.807, 2.05) is 43.3 Å². The number of para-hydroxylation sites is 1. The van der Waals surface area contributed by atoms with Crippen LogP contribution in [-0.2, 0) is 0 Å². The summed E-state index contributed by atoms with van der Waals surface area (Å²) in [5.74, 6) is 0.515. The van der Waals surface area contributed by atoms with E-state index in [-0.39, 0.29) is 17.7 Å². The number of ketones is 1. The molecular formula is C20H27N3O3. The van der Waals surface area contributed by atoms with Crippen LogP contribution in [-0.4, -0.2) is 49.3 Å². The summed E-state index contributed by atoms with van der Waals surface area (Å²) >= 11 is 0. The summed E-state index contributed by atoms with van der Waals surface area (Å²) in [6.45, 7) is 5.52. The van der Waals surface area contributed by atoms with Crippen LogP contribution in [0.15, 0.2) is 24.3 Å². The Morgan fingerprint density at radius 2 is 1.88 bits per heavy atom. The summed E-state index contributed by atoms with van der Waals surface area (Å²) in [7, 11) is 5.56. The molecule has 1 aromatic carbocycles. The van der Waals surface area contributed by atoms with Gasteiger partial charge >= 0.3 is 0 Å². The molecular weight excluding hydrogens is 330 g/mol. The minimum atomic E-state index is -0.222. The van der Waals surface area contributed by atoms with Crippen LogP contribution in [0.4, 0.5) is 0 Å². The molecule has 0 aliphatic rings. The van der Waals surface area contributed by atoms with E-state index in [0.717, 1.165) is 11.3 Å². The number of hydrogen-bond donors (Lipinski definition) is 2. The van der Waals surface area contributed by atoms with Crippen LogP contribution < -0.4 is 10.1 Å². The van der Waals surface area contributed by atoms with E-state index in [0.29, 0.717) is 29.1 Å². The lowest BCUT2D eigenvalue weighted by Gasteiger charge is -2.26. The molecule has 1 aromatic heterocycles. The molecule has 1 atom stereocenters. The Morgan fingerprint density at radius 3 is 2.42 bits per heavy atom. The van der Waals surface area contributed by atoms with E-state index >= 15 is 0 Å². The number of nitrogens with zero attached hydrogens (tertiary/aromatic N) is 1. The van der Waals surface area contributed by atoms with Gasteiger partial charge in [-0.1, -0.05) is 18.2 Å². The fourth-order valence-electron chi connectivity index (χ4n) is 3.30. The molecule has 2 N–H and O–H groups in total. The van der Waals surface area contributed by atoms with Gasteiger partial charge in [0.05, 0.1) is 13.2 Å². The van der Waals surface area contributed by atoms with Crippen LogP contribution in [0.2, 0.25) is 0 Å². The van der Waals surface area contributed by atoms with Crippen LogP contribution in [0.25, 0.3) is 0 Å². The number of hydrogen-bond acceptors (Lipinski definition) is 4. The number of ether oxygens (including phenoxy) is 1. The molecule has 6 heteroatoms. The molecule has 0 fully saturated rings. The molecule has 1 heterocycles. The van der Waals surface area contributed by atoms with Gasteiger partial charge in [0.2, 0.25) is 0 Å². The average molecular weight is 357 g/mol. The Labute approximate surface area is 154 Å². The van der Waals surface area contributed by atoms with Crippen molar-refractivity contribution in [1.29, 1.82) is 0 Å². The SMILES string of the molecule is COc1ccccc1C(CNC(=O)c1[nH]c(C)c(C(C)=O)c1C)N(C)C. The first-order valence-corrected chi connectivity index (χ1v) is 8.55. The summed E-state index contributed by atoms with van der Waals surface area (Å²) in [5.41, 5.74) is 3.43. The maximum absolute atomic E-state index is 12.7. The van der Waals surface area contributed by atoms with Gasteiger partial charge in [-0.2, -0.15) is 0 Å². The highest BCUT2D eigenvalue weighted by molar-refractivity contribution is 6.02. The van der Waals surface area contributed by atoms with Crippen LogP contribution in [0.5, 0.6) is 5.75 Å². The molecule has 0 saturated carbocycles. The lowest BCUT2D eigenvalue weighted by atomic mass is 10.0. The van der Waals surface area contributed by atoms with Crippen molar-refractivity contribution in [3.63, 3.8) is 0 Å². The molecule has 0 radical (unpaired) electrons. The van der Waals surface area contributed by atoms with Gasteiger partial charge in [0.15, 0.2) is 5.78 Å². The minimum absolute atomic E-state index is 0.0428. The highest BCUT2D eigenvalue weighted by atomic mass is 16.5. The molecule has 1 amide bonds. The van der Waals surface area contributed by atoms with Crippen molar-refractivity contribution >= 4 is 11.7 Å². The van der Waals surface area contributed by atoms with Crippen molar-refractivity contribution in [1.82, 2.24) is 15.2 Å². The highest BCUT2D eigenvalue weighted by Crippen LogP contribution is 2.27. The molecule has 0 bridgehead atoms. The number of benzene rings is 1. The number of aryl methyl sites for hydroxylation is 1. The molecule has 0 saturated heterocycles. The van der Waals surface area contributed by atoms with Crippen molar-refractivity contribution in [2.45, 2.75) is 26.8 Å². The smallest absolute Gasteiger partial charge is 0.268 e. The van der Waals surface area contributed by atoms with Crippen molar-refractivity contribution in [2.75, 3.05) is 27.7 Å². The minimum Gasteiger partial charge on any atom is -0.496 e. The average Bonchev–Trinajstić information content (AvgIpc) is 2.89. The maximum atomic E-state index is 12.7. The molecule has 1 unspecified atom stereocenters. The summed E-state index contributed by atoms with van der Waals surface area (Å²) in [5, 5.41) is 2.97. The van der Waals surface area contributed by atoms with Crippen LogP contribution in [0, 0.1) is 13.8 Å². The molecule has 0 aliphatic heterocycles. The second kappa shape index (κ2) is 8.19. The predicted molar refractivity (Wildman–Crippen MR) is 102 cm³/mol. The fraction of sp³-hybridized carbons (Fsp3) is 0.400. The first-order chi connectivity index (χ1) is 12.3. The Kier molecular flexibility index (Phi) is 6.21. The number of rotatable bonds is 7. The van der Waals surface area contributed by atoms with E-state index in [1.165, 1.54) is 6.92 Å². The number of Topliss-reactive ketones (excluding diaryl/α,β-unsaturated/α-hetero) is 1. The molecule has 26 heavy (non-hydrogen) atoms. The van der Waals surface area contributed by atoms with Crippen molar-refractivity contribution in [2.24, 2.45) is 0 Å². The quantitative estimate of drug-likeness (QED) is 0.747. The number of likely N-dealkylation sites (N-methyl/N-ethyl adjacent to an activating group) is 1. The molecule has 140 valence electrons. The number of nitrogens with one attached hydrogen (secondary N) is 2. The molecule has 2 aromatic rings. The first-order valence-electron chi connectivity index (χ1n) is 8.55. The van der Waals surface area contributed by atoms with Gasteiger partial charge in [-0.15, -0.1) is 0 Å². The van der Waals surface area contributed by atoms with Gasteiger partial charge in [0.1, 0.15) is 11.4 Å². The first kappa shape index (κ1) is 19.7. The van der Waals surface area contributed by atoms with Crippen molar-refractivity contribution < 1.29 is 14.3 Å². The maximum Gasteiger partial charge on any atom is 0.268 e. The third kappa shape index (κ3) is 3.96. The van der Waals surface area contributed by atoms with Gasteiger partial charge in [-0.05, 0) is 46.5 Å². The Hall–Kier alpha value is -2.60. The molecule has 0 aliphatic carbocycles. The zero-order valence-electron chi connectivity index (χ0n) is 16.3. The number of aromatic nitrogens is 1. The molecule has 2 rings (SSSR count). The highest BCUT2D eigenvalue weighted by Gasteiger charge is 2.22. The zero-order valence-corrected chi connectivity index (χ0v) is 16.3.